The van der Waals surface area contributed by atoms with E-state index < -0.39 is 29.7 Å². The maximum absolute atomic E-state index is 13.8. The summed E-state index contributed by atoms with van der Waals surface area (Å²) >= 11 is 0. The maximum Gasteiger partial charge on any atom is 0.408 e. The minimum atomic E-state index is -0.795. The number of carbonyl (C=O) groups excluding carboxylic acids is 3. The number of aromatic hydroxyl groups is 1. The average Bonchev–Trinajstić information content (AvgIpc) is 2.75. The molecule has 2 aliphatic rings. The highest BCUT2D eigenvalue weighted by molar-refractivity contribution is 5.90. The first-order valence-electron chi connectivity index (χ1n) is 11.3. The van der Waals surface area contributed by atoms with Crippen molar-refractivity contribution in [3.63, 3.8) is 0 Å². The number of esters is 1. The fraction of sp³-hybridized carbons (Fsp3) is 0.625. The van der Waals surface area contributed by atoms with Gasteiger partial charge in [0.2, 0.25) is 5.91 Å². The zero-order valence-corrected chi connectivity index (χ0v) is 19.3. The lowest BCUT2D eigenvalue weighted by molar-refractivity contribution is -0.155. The lowest BCUT2D eigenvalue weighted by atomic mass is 9.82. The van der Waals surface area contributed by atoms with Gasteiger partial charge in [-0.3, -0.25) is 4.79 Å². The van der Waals surface area contributed by atoms with Crippen LogP contribution in [0.2, 0.25) is 0 Å². The Hall–Kier alpha value is -2.77. The van der Waals surface area contributed by atoms with Crippen LogP contribution in [0.1, 0.15) is 64.0 Å². The number of fused-ring (bicyclic) bond motifs is 1. The molecule has 1 aliphatic carbocycles. The quantitative estimate of drug-likeness (QED) is 0.688. The summed E-state index contributed by atoms with van der Waals surface area (Å²) in [6.45, 7) is 5.46. The Kier molecular flexibility index (Phi) is 7.31. The molecule has 8 nitrogen and oxygen atoms in total. The Labute approximate surface area is 189 Å². The number of phenolic OH excluding ortho intramolecular Hbond substituents is 1. The van der Waals surface area contributed by atoms with Crippen LogP contribution < -0.4 is 5.32 Å². The predicted octanol–water partition coefficient (Wildman–Crippen LogP) is 3.29. The summed E-state index contributed by atoms with van der Waals surface area (Å²) < 4.78 is 10.4. The molecule has 1 aromatic rings. The molecule has 176 valence electrons. The van der Waals surface area contributed by atoms with E-state index >= 15 is 0 Å². The molecule has 3 rings (SSSR count). The SMILES string of the molecule is COC(=O)[C@@H]1Cc2ccc(O)cc2CN1C(=O)[C@@H](NC(=O)OC(C)(C)C)C1CCCCC1. The van der Waals surface area contributed by atoms with Crippen molar-refractivity contribution < 1.29 is 29.0 Å². The monoisotopic (exact) mass is 446 g/mol. The molecule has 2 atom stereocenters. The van der Waals surface area contributed by atoms with E-state index in [9.17, 15) is 19.5 Å². The van der Waals surface area contributed by atoms with E-state index in [1.807, 2.05) is 0 Å². The zero-order valence-electron chi connectivity index (χ0n) is 19.3. The van der Waals surface area contributed by atoms with Crippen molar-refractivity contribution in [3.05, 3.63) is 29.3 Å². The van der Waals surface area contributed by atoms with Crippen LogP contribution in [0, 0.1) is 5.92 Å². The highest BCUT2D eigenvalue weighted by Gasteiger charge is 2.41. The predicted molar refractivity (Wildman–Crippen MR) is 118 cm³/mol. The van der Waals surface area contributed by atoms with E-state index in [1.54, 1.807) is 39.0 Å². The number of carbonyl (C=O) groups is 3. The maximum atomic E-state index is 13.8. The number of benzene rings is 1. The number of nitrogens with one attached hydrogen (secondary N) is 1. The molecule has 1 aliphatic heterocycles. The van der Waals surface area contributed by atoms with Gasteiger partial charge in [-0.2, -0.15) is 0 Å². The van der Waals surface area contributed by atoms with Crippen LogP contribution >= 0.6 is 0 Å². The summed E-state index contributed by atoms with van der Waals surface area (Å²) in [5.74, 6) is -0.764. The summed E-state index contributed by atoms with van der Waals surface area (Å²) in [7, 11) is 1.30. The van der Waals surface area contributed by atoms with Gasteiger partial charge in [0, 0.05) is 13.0 Å². The Morgan fingerprint density at radius 2 is 1.81 bits per heavy atom. The van der Waals surface area contributed by atoms with Crippen LogP contribution in [0.4, 0.5) is 4.79 Å². The van der Waals surface area contributed by atoms with Gasteiger partial charge in [-0.1, -0.05) is 25.3 Å². The first-order valence-corrected chi connectivity index (χ1v) is 11.3. The van der Waals surface area contributed by atoms with E-state index in [0.29, 0.717) is 0 Å². The number of alkyl carbamates (subject to hydrolysis) is 1. The van der Waals surface area contributed by atoms with E-state index in [-0.39, 0.29) is 30.5 Å². The first-order chi connectivity index (χ1) is 15.1. The van der Waals surface area contributed by atoms with E-state index in [1.165, 1.54) is 12.0 Å². The van der Waals surface area contributed by atoms with Gasteiger partial charge in [0.25, 0.3) is 0 Å². The van der Waals surface area contributed by atoms with Crippen LogP contribution in [0.25, 0.3) is 0 Å². The highest BCUT2D eigenvalue weighted by Crippen LogP contribution is 2.32. The summed E-state index contributed by atoms with van der Waals surface area (Å²) in [4.78, 5) is 40.5. The zero-order chi connectivity index (χ0) is 23.5. The number of rotatable bonds is 4. The fourth-order valence-corrected chi connectivity index (χ4v) is 4.61. The molecule has 0 radical (unpaired) electrons. The summed E-state index contributed by atoms with van der Waals surface area (Å²) in [5.41, 5.74) is 0.968. The number of phenols is 1. The van der Waals surface area contributed by atoms with Gasteiger partial charge in [-0.25, -0.2) is 9.59 Å². The average molecular weight is 447 g/mol. The topological polar surface area (TPSA) is 105 Å². The number of ether oxygens (including phenoxy) is 2. The molecule has 0 saturated heterocycles. The van der Waals surface area contributed by atoms with Gasteiger partial charge in [0.1, 0.15) is 23.4 Å². The van der Waals surface area contributed by atoms with E-state index in [0.717, 1.165) is 43.2 Å². The van der Waals surface area contributed by atoms with Crippen molar-refractivity contribution in [3.8, 4) is 5.75 Å². The summed E-state index contributed by atoms with van der Waals surface area (Å²) in [5, 5.41) is 12.7. The molecule has 1 saturated carbocycles. The minimum Gasteiger partial charge on any atom is -0.508 e. The van der Waals surface area contributed by atoms with Crippen molar-refractivity contribution in [1.82, 2.24) is 10.2 Å². The van der Waals surface area contributed by atoms with Crippen molar-refractivity contribution >= 4 is 18.0 Å². The molecule has 1 fully saturated rings. The molecule has 1 aromatic carbocycles. The van der Waals surface area contributed by atoms with Crippen molar-refractivity contribution in [2.75, 3.05) is 7.11 Å². The molecule has 1 heterocycles. The summed E-state index contributed by atoms with van der Waals surface area (Å²) in [6.07, 6.45) is 4.36. The molecule has 32 heavy (non-hydrogen) atoms. The van der Waals surface area contributed by atoms with Crippen molar-refractivity contribution in [1.29, 1.82) is 0 Å². The number of methoxy groups -OCH3 is 1. The third-order valence-corrected chi connectivity index (χ3v) is 6.14. The normalized spacial score (nSPS) is 20.1. The Morgan fingerprint density at radius 3 is 2.44 bits per heavy atom. The molecular formula is C24H34N2O6. The van der Waals surface area contributed by atoms with Crippen LogP contribution in [-0.4, -0.2) is 52.8 Å². The number of amides is 2. The van der Waals surface area contributed by atoms with Gasteiger partial charge in [-0.15, -0.1) is 0 Å². The largest absolute Gasteiger partial charge is 0.508 e. The van der Waals surface area contributed by atoms with Crippen molar-refractivity contribution in [2.24, 2.45) is 5.92 Å². The van der Waals surface area contributed by atoms with Crippen LogP contribution in [-0.2, 0) is 32.0 Å². The lowest BCUT2D eigenvalue weighted by Gasteiger charge is -2.39. The molecule has 2 N–H and O–H groups in total. The molecule has 0 aromatic heterocycles. The second-order valence-electron chi connectivity index (χ2n) is 9.68. The fourth-order valence-electron chi connectivity index (χ4n) is 4.61. The second-order valence-corrected chi connectivity index (χ2v) is 9.68. The highest BCUT2D eigenvalue weighted by atomic mass is 16.6. The third-order valence-electron chi connectivity index (χ3n) is 6.14. The first kappa shape index (κ1) is 23.9. The Bertz CT molecular complexity index is 857. The second kappa shape index (κ2) is 9.79. The summed E-state index contributed by atoms with van der Waals surface area (Å²) in [6, 6.07) is 3.35. The Balaban J connectivity index is 1.90. The van der Waals surface area contributed by atoms with Gasteiger partial charge in [0.05, 0.1) is 7.11 Å². The number of hydrogen-bond acceptors (Lipinski definition) is 6. The molecule has 2 amide bonds. The van der Waals surface area contributed by atoms with Gasteiger partial charge in [-0.05, 0) is 62.8 Å². The van der Waals surface area contributed by atoms with E-state index in [2.05, 4.69) is 5.32 Å². The molecule has 0 bridgehead atoms. The molecule has 0 unspecified atom stereocenters. The van der Waals surface area contributed by atoms with Gasteiger partial charge < -0.3 is 24.8 Å². The number of nitrogens with zero attached hydrogens (tertiary/aromatic N) is 1. The van der Waals surface area contributed by atoms with E-state index in [4.69, 9.17) is 9.47 Å². The lowest BCUT2D eigenvalue weighted by Crippen LogP contribution is -2.58. The smallest absolute Gasteiger partial charge is 0.408 e. The van der Waals surface area contributed by atoms with Crippen LogP contribution in [0.5, 0.6) is 5.75 Å². The molecule has 8 heteroatoms. The third kappa shape index (κ3) is 5.72. The van der Waals surface area contributed by atoms with Gasteiger partial charge in [0.15, 0.2) is 0 Å². The van der Waals surface area contributed by atoms with Crippen LogP contribution in [0.3, 0.4) is 0 Å². The van der Waals surface area contributed by atoms with Gasteiger partial charge >= 0.3 is 12.1 Å². The van der Waals surface area contributed by atoms with Crippen molar-refractivity contribution in [2.45, 2.75) is 83.5 Å². The van der Waals surface area contributed by atoms with Crippen LogP contribution in [0.15, 0.2) is 18.2 Å². The minimum absolute atomic E-state index is 0.0346. The molecular weight excluding hydrogens is 412 g/mol. The number of hydrogen-bond donors (Lipinski definition) is 2. The Morgan fingerprint density at radius 1 is 1.12 bits per heavy atom. The molecule has 0 spiro atoms. The standard InChI is InChI=1S/C24H34N2O6/c1-24(2,3)32-23(30)25-20(15-8-6-5-7-9-15)21(28)26-14-17-12-18(27)11-10-16(17)13-19(26)22(29)31-4/h10-12,15,19-20,27H,5-9,13-14H2,1-4H3,(H,25,30)/t19-,20-/m0/s1.